The maximum Gasteiger partial charge on any atom is 0.391 e. The second-order valence-corrected chi connectivity index (χ2v) is 4.50. The number of nitro groups is 1. The minimum atomic E-state index is -4.78. The van der Waals surface area contributed by atoms with Crippen LogP contribution in [0, 0.1) is 17.0 Å². The zero-order valence-electron chi connectivity index (χ0n) is 11.2. The first-order valence-corrected chi connectivity index (χ1v) is 5.86. The third kappa shape index (κ3) is 5.04. The minimum Gasteiger partial charge on any atom is -0.480 e. The topological polar surface area (TPSA) is 110 Å². The van der Waals surface area contributed by atoms with Gasteiger partial charge in [-0.1, -0.05) is 0 Å². The molecule has 0 saturated heterocycles. The lowest BCUT2D eigenvalue weighted by Gasteiger charge is -2.16. The number of nitrogens with one attached hydrogen (secondary N) is 1. The molecule has 0 fully saturated rings. The predicted octanol–water partition coefficient (Wildman–Crippen LogP) is 2.04. The monoisotopic (exact) mass is 320 g/mol. The number of carboxylic acids is 1. The van der Waals surface area contributed by atoms with Crippen molar-refractivity contribution < 1.29 is 32.8 Å². The SMILES string of the molecule is Cc1cc(C(=O)NC(CC(F)(F)F)C(=O)O)cc([N+](=O)[O-])c1. The molecule has 1 amide bonds. The van der Waals surface area contributed by atoms with E-state index in [9.17, 15) is 32.9 Å². The standard InChI is InChI=1S/C12H11F3N2O5/c1-6-2-7(4-8(3-6)17(21)22)10(18)16-9(11(19)20)5-12(13,14)15/h2-4,9H,5H2,1H3,(H,16,18)(H,19,20). The van der Waals surface area contributed by atoms with Crippen LogP contribution in [0.5, 0.6) is 0 Å². The first-order valence-electron chi connectivity index (χ1n) is 5.86. The number of benzene rings is 1. The van der Waals surface area contributed by atoms with Crippen LogP contribution in [-0.4, -0.2) is 34.1 Å². The van der Waals surface area contributed by atoms with Crippen molar-refractivity contribution >= 4 is 17.6 Å². The maximum atomic E-state index is 12.2. The summed E-state index contributed by atoms with van der Waals surface area (Å²) in [5.41, 5.74) is -0.380. The quantitative estimate of drug-likeness (QED) is 0.637. The summed E-state index contributed by atoms with van der Waals surface area (Å²) in [5, 5.41) is 21.1. The van der Waals surface area contributed by atoms with Gasteiger partial charge in [0, 0.05) is 17.7 Å². The van der Waals surface area contributed by atoms with Crippen LogP contribution >= 0.6 is 0 Å². The highest BCUT2D eigenvalue weighted by Crippen LogP contribution is 2.22. The van der Waals surface area contributed by atoms with E-state index in [0.29, 0.717) is 5.56 Å². The Bertz CT molecular complexity index is 615. The highest BCUT2D eigenvalue weighted by atomic mass is 19.4. The molecule has 1 unspecified atom stereocenters. The largest absolute Gasteiger partial charge is 0.480 e. The number of amides is 1. The van der Waals surface area contributed by atoms with Crippen LogP contribution in [0.4, 0.5) is 18.9 Å². The second kappa shape index (κ2) is 6.41. The molecule has 1 atom stereocenters. The Morgan fingerprint density at radius 3 is 2.41 bits per heavy atom. The highest BCUT2D eigenvalue weighted by Gasteiger charge is 2.36. The highest BCUT2D eigenvalue weighted by molar-refractivity contribution is 5.97. The lowest BCUT2D eigenvalue weighted by molar-refractivity contribution is -0.384. The van der Waals surface area contributed by atoms with Crippen LogP contribution in [0.1, 0.15) is 22.3 Å². The van der Waals surface area contributed by atoms with Crippen LogP contribution in [-0.2, 0) is 4.79 Å². The molecule has 1 rings (SSSR count). The number of hydrogen-bond acceptors (Lipinski definition) is 4. The van der Waals surface area contributed by atoms with Gasteiger partial charge in [-0.25, -0.2) is 4.79 Å². The summed E-state index contributed by atoms with van der Waals surface area (Å²) in [6, 6.07) is 1.05. The number of aryl methyl sites for hydroxylation is 1. The maximum absolute atomic E-state index is 12.2. The Hall–Kier alpha value is -2.65. The second-order valence-electron chi connectivity index (χ2n) is 4.50. The van der Waals surface area contributed by atoms with Crippen LogP contribution in [0.25, 0.3) is 0 Å². The summed E-state index contributed by atoms with van der Waals surface area (Å²) in [6.07, 6.45) is -6.53. The Kier molecular flexibility index (Phi) is 5.07. The number of carbonyl (C=O) groups excluding carboxylic acids is 1. The smallest absolute Gasteiger partial charge is 0.391 e. The number of hydrogen-bond donors (Lipinski definition) is 2. The van der Waals surface area contributed by atoms with Crippen LogP contribution in [0.15, 0.2) is 18.2 Å². The van der Waals surface area contributed by atoms with E-state index in [1.54, 1.807) is 5.32 Å². The summed E-state index contributed by atoms with van der Waals surface area (Å²) < 4.78 is 36.7. The molecule has 1 aromatic carbocycles. The molecule has 0 heterocycles. The molecule has 0 aromatic heterocycles. The van der Waals surface area contributed by atoms with Gasteiger partial charge in [0.2, 0.25) is 0 Å². The fraction of sp³-hybridized carbons (Fsp3) is 0.333. The molecule has 0 radical (unpaired) electrons. The van der Waals surface area contributed by atoms with Crippen molar-refractivity contribution in [3.8, 4) is 0 Å². The van der Waals surface area contributed by atoms with Crippen molar-refractivity contribution in [2.75, 3.05) is 0 Å². The average Bonchev–Trinajstić information content (AvgIpc) is 2.35. The molecule has 120 valence electrons. The summed E-state index contributed by atoms with van der Waals surface area (Å²) in [6.45, 7) is 1.45. The van der Waals surface area contributed by atoms with E-state index < -0.39 is 41.1 Å². The molecule has 10 heteroatoms. The van der Waals surface area contributed by atoms with Crippen molar-refractivity contribution in [3.63, 3.8) is 0 Å². The molecule has 1 aromatic rings. The third-order valence-corrected chi connectivity index (χ3v) is 2.57. The molecule has 0 aliphatic carbocycles. The fourth-order valence-corrected chi connectivity index (χ4v) is 1.67. The van der Waals surface area contributed by atoms with E-state index in [1.807, 2.05) is 0 Å². The van der Waals surface area contributed by atoms with Gasteiger partial charge < -0.3 is 10.4 Å². The third-order valence-electron chi connectivity index (χ3n) is 2.57. The lowest BCUT2D eigenvalue weighted by atomic mass is 10.1. The van der Waals surface area contributed by atoms with Crippen molar-refractivity contribution in [2.45, 2.75) is 25.6 Å². The van der Waals surface area contributed by atoms with Crippen molar-refractivity contribution in [2.24, 2.45) is 0 Å². The summed E-state index contributed by atoms with van der Waals surface area (Å²) >= 11 is 0. The molecule has 0 aliphatic rings. The van der Waals surface area contributed by atoms with Crippen LogP contribution in [0.2, 0.25) is 0 Å². The number of rotatable bonds is 5. The number of carboxylic acid groups (broad SMARTS) is 1. The fourth-order valence-electron chi connectivity index (χ4n) is 1.67. The van der Waals surface area contributed by atoms with E-state index in [1.165, 1.54) is 19.1 Å². The Morgan fingerprint density at radius 2 is 1.95 bits per heavy atom. The van der Waals surface area contributed by atoms with Gasteiger partial charge in [-0.3, -0.25) is 14.9 Å². The molecule has 2 N–H and O–H groups in total. The molecular weight excluding hydrogens is 309 g/mol. The molecule has 7 nitrogen and oxygen atoms in total. The van der Waals surface area contributed by atoms with Crippen molar-refractivity contribution in [1.29, 1.82) is 0 Å². The van der Waals surface area contributed by atoms with Crippen LogP contribution in [0.3, 0.4) is 0 Å². The zero-order chi connectivity index (χ0) is 17.1. The normalized spacial score (nSPS) is 12.5. The molecule has 0 aliphatic heterocycles. The van der Waals surface area contributed by atoms with Gasteiger partial charge in [-0.05, 0) is 18.6 Å². The van der Waals surface area contributed by atoms with Gasteiger partial charge in [-0.2, -0.15) is 13.2 Å². The number of nitro benzene ring substituents is 1. The number of nitrogens with zero attached hydrogens (tertiary/aromatic N) is 1. The number of alkyl halides is 3. The van der Waals surface area contributed by atoms with E-state index in [0.717, 1.165) is 6.07 Å². The lowest BCUT2D eigenvalue weighted by Crippen LogP contribution is -2.43. The van der Waals surface area contributed by atoms with Crippen molar-refractivity contribution in [1.82, 2.24) is 5.32 Å². The minimum absolute atomic E-state index is 0.292. The van der Waals surface area contributed by atoms with Gasteiger partial charge in [0.05, 0.1) is 11.3 Å². The molecule has 0 spiro atoms. The molecule has 22 heavy (non-hydrogen) atoms. The van der Waals surface area contributed by atoms with E-state index in [2.05, 4.69) is 0 Å². The number of aliphatic carboxylic acids is 1. The van der Waals surface area contributed by atoms with E-state index in [-0.39, 0.29) is 5.56 Å². The van der Waals surface area contributed by atoms with Crippen molar-refractivity contribution in [3.05, 3.63) is 39.4 Å². The molecule has 0 saturated carbocycles. The Balaban J connectivity index is 3.00. The summed E-state index contributed by atoms with van der Waals surface area (Å²) in [4.78, 5) is 32.5. The van der Waals surface area contributed by atoms with Crippen LogP contribution < -0.4 is 5.32 Å². The van der Waals surface area contributed by atoms with Gasteiger partial charge in [0.25, 0.3) is 11.6 Å². The number of halogens is 3. The number of carbonyl (C=O) groups is 2. The Morgan fingerprint density at radius 1 is 1.36 bits per heavy atom. The summed E-state index contributed by atoms with van der Waals surface area (Å²) in [5.74, 6) is -2.99. The molecule has 0 bridgehead atoms. The first-order chi connectivity index (χ1) is 9.99. The zero-order valence-corrected chi connectivity index (χ0v) is 11.2. The van der Waals surface area contributed by atoms with E-state index >= 15 is 0 Å². The van der Waals surface area contributed by atoms with Gasteiger partial charge in [0.15, 0.2) is 0 Å². The summed E-state index contributed by atoms with van der Waals surface area (Å²) in [7, 11) is 0. The van der Waals surface area contributed by atoms with Gasteiger partial charge >= 0.3 is 12.1 Å². The molecular formula is C12H11F3N2O5. The Labute approximate surface area is 121 Å². The van der Waals surface area contributed by atoms with E-state index in [4.69, 9.17) is 5.11 Å². The average molecular weight is 320 g/mol. The van der Waals surface area contributed by atoms with Gasteiger partial charge in [0.1, 0.15) is 6.04 Å². The predicted molar refractivity (Wildman–Crippen MR) is 67.4 cm³/mol. The number of non-ortho nitro benzene ring substituents is 1. The first kappa shape index (κ1) is 17.4. The van der Waals surface area contributed by atoms with Gasteiger partial charge in [-0.15, -0.1) is 0 Å².